The molecule has 1 amide bonds. The van der Waals surface area contributed by atoms with Crippen LogP contribution in [-0.2, 0) is 4.79 Å². The third-order valence-electron chi connectivity index (χ3n) is 3.38. The third-order valence-corrected chi connectivity index (χ3v) is 3.73. The van der Waals surface area contributed by atoms with Gasteiger partial charge in [-0.15, -0.1) is 12.6 Å². The molecule has 1 atom stereocenters. The van der Waals surface area contributed by atoms with Crippen molar-refractivity contribution in [2.24, 2.45) is 0 Å². The van der Waals surface area contributed by atoms with Gasteiger partial charge in [-0.05, 0) is 17.0 Å². The number of carbonyl (C=O) groups excluding carboxylic acids is 1. The van der Waals surface area contributed by atoms with Crippen LogP contribution >= 0.6 is 12.6 Å². The van der Waals surface area contributed by atoms with E-state index in [1.165, 1.54) is 5.56 Å². The van der Waals surface area contributed by atoms with Crippen molar-refractivity contribution in [2.45, 2.75) is 32.1 Å². The van der Waals surface area contributed by atoms with Gasteiger partial charge in [0.2, 0.25) is 5.91 Å². The maximum Gasteiger partial charge on any atom is 0.225 e. The van der Waals surface area contributed by atoms with Crippen molar-refractivity contribution in [2.75, 3.05) is 0 Å². The second-order valence-corrected chi connectivity index (χ2v) is 5.45. The molecule has 0 aliphatic carbocycles. The Balaban J connectivity index is 2.37. The van der Waals surface area contributed by atoms with Gasteiger partial charge in [0, 0.05) is 12.3 Å². The SMILES string of the molecule is CC(C)c1ccc([C@@H]2CC(=O)NC(S)=C2C#N)cc1. The van der Waals surface area contributed by atoms with Gasteiger partial charge in [-0.3, -0.25) is 4.79 Å². The highest BCUT2D eigenvalue weighted by Crippen LogP contribution is 2.33. The van der Waals surface area contributed by atoms with Crippen molar-refractivity contribution in [3.05, 3.63) is 46.0 Å². The molecule has 1 aromatic carbocycles. The molecule has 3 nitrogen and oxygen atoms in total. The van der Waals surface area contributed by atoms with Gasteiger partial charge in [-0.25, -0.2) is 0 Å². The van der Waals surface area contributed by atoms with Crippen molar-refractivity contribution in [3.8, 4) is 6.07 Å². The normalized spacial score (nSPS) is 19.3. The molecule has 4 heteroatoms. The molecule has 0 radical (unpaired) electrons. The Labute approximate surface area is 118 Å². The Bertz CT molecular complexity index is 567. The molecular formula is C15H16N2OS. The minimum absolute atomic E-state index is 0.0954. The molecule has 1 heterocycles. The summed E-state index contributed by atoms with van der Waals surface area (Å²) in [6, 6.07) is 10.3. The Kier molecular flexibility index (Phi) is 3.96. The predicted octanol–water partition coefficient (Wildman–Crippen LogP) is 3.08. The summed E-state index contributed by atoms with van der Waals surface area (Å²) < 4.78 is 0. The molecular weight excluding hydrogens is 256 g/mol. The molecule has 0 bridgehead atoms. The monoisotopic (exact) mass is 272 g/mol. The number of nitrogens with one attached hydrogen (secondary N) is 1. The van der Waals surface area contributed by atoms with Crippen LogP contribution in [0, 0.1) is 11.3 Å². The maximum absolute atomic E-state index is 11.6. The Morgan fingerprint density at radius 2 is 2.00 bits per heavy atom. The van der Waals surface area contributed by atoms with Crippen molar-refractivity contribution >= 4 is 18.5 Å². The van der Waals surface area contributed by atoms with Crippen molar-refractivity contribution in [3.63, 3.8) is 0 Å². The maximum atomic E-state index is 11.6. The van der Waals surface area contributed by atoms with Gasteiger partial charge in [-0.2, -0.15) is 5.26 Å². The smallest absolute Gasteiger partial charge is 0.225 e. The van der Waals surface area contributed by atoms with E-state index in [9.17, 15) is 10.1 Å². The Morgan fingerprint density at radius 1 is 1.37 bits per heavy atom. The number of rotatable bonds is 2. The van der Waals surface area contributed by atoms with Crippen LogP contribution in [0.1, 0.15) is 43.2 Å². The van der Waals surface area contributed by atoms with E-state index in [1.54, 1.807) is 0 Å². The Morgan fingerprint density at radius 3 is 2.53 bits per heavy atom. The van der Waals surface area contributed by atoms with Crippen LogP contribution in [0.15, 0.2) is 34.9 Å². The molecule has 19 heavy (non-hydrogen) atoms. The summed E-state index contributed by atoms with van der Waals surface area (Å²) in [7, 11) is 0. The number of allylic oxidation sites excluding steroid dienone is 1. The molecule has 1 aromatic rings. The third kappa shape index (κ3) is 2.82. The van der Waals surface area contributed by atoms with E-state index in [2.05, 4.69) is 50.0 Å². The zero-order valence-corrected chi connectivity index (χ0v) is 11.9. The van der Waals surface area contributed by atoms with E-state index in [0.29, 0.717) is 22.9 Å². The highest BCUT2D eigenvalue weighted by molar-refractivity contribution is 7.84. The van der Waals surface area contributed by atoms with Gasteiger partial charge < -0.3 is 5.32 Å². The lowest BCUT2D eigenvalue weighted by molar-refractivity contribution is -0.120. The number of benzene rings is 1. The topological polar surface area (TPSA) is 52.9 Å². The Hall–Kier alpha value is -1.73. The molecule has 98 valence electrons. The van der Waals surface area contributed by atoms with Crippen LogP contribution < -0.4 is 5.32 Å². The zero-order chi connectivity index (χ0) is 14.0. The molecule has 1 aliphatic rings. The summed E-state index contributed by atoms with van der Waals surface area (Å²) in [4.78, 5) is 11.6. The van der Waals surface area contributed by atoms with Gasteiger partial charge in [0.15, 0.2) is 0 Å². The molecule has 1 N–H and O–H groups in total. The second kappa shape index (κ2) is 5.50. The minimum atomic E-state index is -0.188. The molecule has 0 saturated carbocycles. The van der Waals surface area contributed by atoms with Crippen LogP contribution in [0.3, 0.4) is 0 Å². The average Bonchev–Trinajstić information content (AvgIpc) is 2.38. The molecule has 2 rings (SSSR count). The van der Waals surface area contributed by atoms with E-state index < -0.39 is 0 Å². The van der Waals surface area contributed by atoms with E-state index in [1.807, 2.05) is 12.1 Å². The van der Waals surface area contributed by atoms with Crippen LogP contribution in [0.25, 0.3) is 0 Å². The van der Waals surface area contributed by atoms with Crippen LogP contribution in [-0.4, -0.2) is 5.91 Å². The quantitative estimate of drug-likeness (QED) is 0.813. The van der Waals surface area contributed by atoms with E-state index in [4.69, 9.17) is 0 Å². The lowest BCUT2D eigenvalue weighted by Crippen LogP contribution is -2.29. The number of nitrogens with zero attached hydrogens (tertiary/aromatic N) is 1. The first-order valence-electron chi connectivity index (χ1n) is 6.26. The van der Waals surface area contributed by atoms with Gasteiger partial charge in [-0.1, -0.05) is 38.1 Å². The number of thiol groups is 1. The summed E-state index contributed by atoms with van der Waals surface area (Å²) >= 11 is 4.18. The van der Waals surface area contributed by atoms with E-state index in [-0.39, 0.29) is 11.8 Å². The lowest BCUT2D eigenvalue weighted by Gasteiger charge is -2.23. The first kappa shape index (κ1) is 13.7. The fourth-order valence-corrected chi connectivity index (χ4v) is 2.56. The fourth-order valence-electron chi connectivity index (χ4n) is 2.23. The van der Waals surface area contributed by atoms with Gasteiger partial charge in [0.1, 0.15) is 0 Å². The summed E-state index contributed by atoms with van der Waals surface area (Å²) in [5.41, 5.74) is 2.76. The van der Waals surface area contributed by atoms with Gasteiger partial charge in [0.05, 0.1) is 16.7 Å². The lowest BCUT2D eigenvalue weighted by atomic mass is 9.86. The van der Waals surface area contributed by atoms with E-state index >= 15 is 0 Å². The molecule has 0 unspecified atom stereocenters. The van der Waals surface area contributed by atoms with Gasteiger partial charge in [0.25, 0.3) is 0 Å². The molecule has 0 saturated heterocycles. The predicted molar refractivity (Wildman–Crippen MR) is 77.7 cm³/mol. The van der Waals surface area contributed by atoms with Crippen LogP contribution in [0.5, 0.6) is 0 Å². The first-order valence-corrected chi connectivity index (χ1v) is 6.70. The second-order valence-electron chi connectivity index (χ2n) is 5.00. The molecule has 0 spiro atoms. The fraction of sp³-hybridized carbons (Fsp3) is 0.333. The number of hydrogen-bond donors (Lipinski definition) is 2. The van der Waals surface area contributed by atoms with Crippen molar-refractivity contribution in [1.82, 2.24) is 5.32 Å². The van der Waals surface area contributed by atoms with Crippen molar-refractivity contribution < 1.29 is 4.79 Å². The number of carbonyl (C=O) groups is 1. The van der Waals surface area contributed by atoms with Crippen LogP contribution in [0.4, 0.5) is 0 Å². The summed E-state index contributed by atoms with van der Waals surface area (Å²) in [6.45, 7) is 4.27. The largest absolute Gasteiger partial charge is 0.320 e. The number of hydrogen-bond acceptors (Lipinski definition) is 3. The molecule has 1 aliphatic heterocycles. The zero-order valence-electron chi connectivity index (χ0n) is 11.0. The molecule has 0 aromatic heterocycles. The first-order chi connectivity index (χ1) is 9.02. The average molecular weight is 272 g/mol. The highest BCUT2D eigenvalue weighted by atomic mass is 32.1. The van der Waals surface area contributed by atoms with Crippen molar-refractivity contribution in [1.29, 1.82) is 5.26 Å². The summed E-state index contributed by atoms with van der Waals surface area (Å²) in [5, 5.41) is 12.2. The standard InChI is InChI=1S/C15H16N2OS/c1-9(2)10-3-5-11(6-4-10)12-7-14(18)17-15(19)13(12)8-16/h3-6,9,12,19H,7H2,1-2H3,(H,17,18)/t12-/m0/s1. The van der Waals surface area contributed by atoms with Crippen LogP contribution in [0.2, 0.25) is 0 Å². The molecule has 0 fully saturated rings. The number of nitriles is 1. The summed E-state index contributed by atoms with van der Waals surface area (Å²) in [6.07, 6.45) is 0.300. The summed E-state index contributed by atoms with van der Waals surface area (Å²) in [5.74, 6) is 0.185. The van der Waals surface area contributed by atoms with Gasteiger partial charge >= 0.3 is 0 Å². The highest BCUT2D eigenvalue weighted by Gasteiger charge is 2.27. The van der Waals surface area contributed by atoms with E-state index in [0.717, 1.165) is 5.56 Å². The number of amides is 1. The minimum Gasteiger partial charge on any atom is -0.320 e.